The average Bonchev–Trinajstić information content (AvgIpc) is 2.71. The molecule has 0 radical (unpaired) electrons. The third-order valence-electron chi connectivity index (χ3n) is 12.7. The highest BCUT2D eigenvalue weighted by Crippen LogP contribution is 2.76. The maximum Gasteiger partial charge on any atom is 0.303 e. The molecule has 3 heteroatoms. The van der Waals surface area contributed by atoms with Crippen LogP contribution in [-0.4, -0.2) is 22.3 Å². The number of aliphatic hydroxyl groups excluding tert-OH is 1. The Kier molecular flexibility index (Phi) is 6.00. The van der Waals surface area contributed by atoms with Crippen molar-refractivity contribution in [3.8, 4) is 0 Å². The molecule has 188 valence electrons. The van der Waals surface area contributed by atoms with E-state index in [0.717, 1.165) is 25.7 Å². The molecule has 0 aliphatic heterocycles. The minimum absolute atomic E-state index is 0.00295. The molecule has 9 atom stereocenters. The first kappa shape index (κ1) is 25.3. The first-order chi connectivity index (χ1) is 15.1. The molecule has 0 aromatic rings. The number of carbonyl (C=O) groups is 1. The summed E-state index contributed by atoms with van der Waals surface area (Å²) in [5.74, 6) is 1.33. The van der Waals surface area contributed by atoms with Crippen LogP contribution in [0.1, 0.15) is 113 Å². The zero-order valence-electron chi connectivity index (χ0n) is 22.5. The van der Waals surface area contributed by atoms with Gasteiger partial charge in [0.15, 0.2) is 0 Å². The normalized spacial score (nSPS) is 51.1. The topological polar surface area (TPSA) is 57.5 Å². The third kappa shape index (κ3) is 3.41. The number of aliphatic carboxylic acids is 1. The molecule has 4 aliphatic carbocycles. The summed E-state index contributed by atoms with van der Waals surface area (Å²) in [6.45, 7) is 21.1. The lowest BCUT2D eigenvalue weighted by Crippen LogP contribution is -2.67. The molecule has 0 bridgehead atoms. The van der Waals surface area contributed by atoms with Crippen LogP contribution in [0.2, 0.25) is 0 Å². The van der Waals surface area contributed by atoms with E-state index in [4.69, 9.17) is 0 Å². The van der Waals surface area contributed by atoms with Crippen molar-refractivity contribution in [2.24, 2.45) is 50.7 Å². The first-order valence-electron chi connectivity index (χ1n) is 13.7. The maximum absolute atomic E-state index is 11.6. The van der Waals surface area contributed by atoms with Crippen LogP contribution in [-0.2, 0) is 4.79 Å². The Balaban J connectivity index is 1.73. The molecule has 0 spiro atoms. The van der Waals surface area contributed by atoms with E-state index in [9.17, 15) is 15.0 Å². The van der Waals surface area contributed by atoms with Crippen LogP contribution in [0.4, 0.5) is 0 Å². The van der Waals surface area contributed by atoms with Crippen LogP contribution >= 0.6 is 0 Å². The molecule has 2 N–H and O–H groups in total. The molecule has 3 nitrogen and oxygen atoms in total. The fourth-order valence-electron chi connectivity index (χ4n) is 10.6. The van der Waals surface area contributed by atoms with E-state index in [-0.39, 0.29) is 39.6 Å². The van der Waals surface area contributed by atoms with Crippen molar-refractivity contribution in [2.45, 2.75) is 119 Å². The molecule has 0 amide bonds. The van der Waals surface area contributed by atoms with Crippen molar-refractivity contribution in [3.05, 3.63) is 12.2 Å². The zero-order chi connectivity index (χ0) is 24.6. The molecule has 4 rings (SSSR count). The average molecular weight is 459 g/mol. The number of carboxylic acids is 1. The molecule has 9 unspecified atom stereocenters. The summed E-state index contributed by atoms with van der Waals surface area (Å²) < 4.78 is 0. The van der Waals surface area contributed by atoms with Gasteiger partial charge >= 0.3 is 5.97 Å². The van der Waals surface area contributed by atoms with E-state index < -0.39 is 5.97 Å². The number of aliphatic hydroxyl groups is 1. The molecule has 0 aromatic heterocycles. The van der Waals surface area contributed by atoms with Crippen molar-refractivity contribution < 1.29 is 15.0 Å². The van der Waals surface area contributed by atoms with Crippen LogP contribution in [0.25, 0.3) is 0 Å². The number of hydrogen-bond donors (Lipinski definition) is 2. The summed E-state index contributed by atoms with van der Waals surface area (Å²) in [6, 6.07) is 0. The van der Waals surface area contributed by atoms with Gasteiger partial charge in [-0.25, -0.2) is 0 Å². The molecular formula is C30H50O3. The predicted octanol–water partition coefficient (Wildman–Crippen LogP) is 7.48. The second-order valence-corrected chi connectivity index (χ2v) is 14.4. The number of fused-ring (bicyclic) bond motifs is 5. The van der Waals surface area contributed by atoms with E-state index in [1.165, 1.54) is 37.7 Å². The lowest BCUT2D eigenvalue weighted by atomic mass is 9.32. The molecule has 0 heterocycles. The maximum atomic E-state index is 11.6. The summed E-state index contributed by atoms with van der Waals surface area (Å²) >= 11 is 0. The molecule has 33 heavy (non-hydrogen) atoms. The third-order valence-corrected chi connectivity index (χ3v) is 12.7. The second kappa shape index (κ2) is 7.84. The highest BCUT2D eigenvalue weighted by Gasteiger charge is 2.69. The number of hydrogen-bond acceptors (Lipinski definition) is 2. The SMILES string of the molecule is C=C(C)C1CCC2(C)C(CCC3C4(C)CCC(C)(C)C(O)C4CCC32C)C1(C)CCC(=O)O. The fraction of sp³-hybridized carbons (Fsp3) is 0.900. The van der Waals surface area contributed by atoms with Gasteiger partial charge < -0.3 is 10.2 Å². The van der Waals surface area contributed by atoms with E-state index in [0.29, 0.717) is 23.7 Å². The van der Waals surface area contributed by atoms with Crippen molar-refractivity contribution in [2.75, 3.05) is 0 Å². The van der Waals surface area contributed by atoms with E-state index in [1.807, 2.05) is 0 Å². The second-order valence-electron chi connectivity index (χ2n) is 14.4. The molecule has 4 saturated carbocycles. The largest absolute Gasteiger partial charge is 0.481 e. The Hall–Kier alpha value is -0.830. The van der Waals surface area contributed by atoms with E-state index in [1.54, 1.807) is 0 Å². The quantitative estimate of drug-likeness (QED) is 0.429. The monoisotopic (exact) mass is 458 g/mol. The Morgan fingerprint density at radius 1 is 0.879 bits per heavy atom. The lowest BCUT2D eigenvalue weighted by molar-refractivity contribution is -0.250. The highest BCUT2D eigenvalue weighted by molar-refractivity contribution is 5.66. The summed E-state index contributed by atoms with van der Waals surface area (Å²) in [5.41, 5.74) is 1.92. The van der Waals surface area contributed by atoms with Gasteiger partial charge in [-0.05, 0) is 115 Å². The number of allylic oxidation sites excluding steroid dienone is 1. The number of carboxylic acid groups (broad SMARTS) is 1. The summed E-state index contributed by atoms with van der Waals surface area (Å²) in [5, 5.41) is 21.0. The highest BCUT2D eigenvalue weighted by atomic mass is 16.4. The van der Waals surface area contributed by atoms with E-state index in [2.05, 4.69) is 55.0 Å². The van der Waals surface area contributed by atoms with Gasteiger partial charge in [-0.2, -0.15) is 0 Å². The standard InChI is InChI=1S/C30H50O3/c1-19(2)20-11-15-29(7)22(27(20,5)14-13-24(31)32)9-10-23-28(6)18-17-26(3,4)25(33)21(28)12-16-30(23,29)8/h20-23,25,33H,1,9-18H2,2-8H3,(H,31,32). The van der Waals surface area contributed by atoms with Crippen LogP contribution in [0.15, 0.2) is 12.2 Å². The minimum atomic E-state index is -0.671. The van der Waals surface area contributed by atoms with Crippen LogP contribution in [0.5, 0.6) is 0 Å². The molecular weight excluding hydrogens is 408 g/mol. The van der Waals surface area contributed by atoms with Gasteiger partial charge in [-0.1, -0.05) is 53.7 Å². The predicted molar refractivity (Wildman–Crippen MR) is 135 cm³/mol. The zero-order valence-corrected chi connectivity index (χ0v) is 22.5. The van der Waals surface area contributed by atoms with Crippen molar-refractivity contribution >= 4 is 5.97 Å². The van der Waals surface area contributed by atoms with Crippen molar-refractivity contribution in [1.29, 1.82) is 0 Å². The van der Waals surface area contributed by atoms with E-state index >= 15 is 0 Å². The summed E-state index contributed by atoms with van der Waals surface area (Å²) in [6.07, 6.45) is 10.3. The van der Waals surface area contributed by atoms with Gasteiger partial charge in [0.1, 0.15) is 0 Å². The molecule has 4 aliphatic rings. The summed E-state index contributed by atoms with van der Waals surface area (Å²) in [4.78, 5) is 11.6. The lowest BCUT2D eigenvalue weighted by Gasteiger charge is -2.73. The van der Waals surface area contributed by atoms with Crippen molar-refractivity contribution in [1.82, 2.24) is 0 Å². The fourth-order valence-corrected chi connectivity index (χ4v) is 10.6. The van der Waals surface area contributed by atoms with Crippen LogP contribution < -0.4 is 0 Å². The molecule has 0 aromatic carbocycles. The minimum Gasteiger partial charge on any atom is -0.481 e. The summed E-state index contributed by atoms with van der Waals surface area (Å²) in [7, 11) is 0. The Morgan fingerprint density at radius 2 is 1.45 bits per heavy atom. The van der Waals surface area contributed by atoms with Gasteiger partial charge in [0, 0.05) is 6.42 Å². The van der Waals surface area contributed by atoms with Gasteiger partial charge in [0.05, 0.1) is 6.10 Å². The molecule has 4 fully saturated rings. The number of rotatable bonds is 4. The Bertz CT molecular complexity index is 815. The first-order valence-corrected chi connectivity index (χ1v) is 13.7. The van der Waals surface area contributed by atoms with Gasteiger partial charge in [0.2, 0.25) is 0 Å². The van der Waals surface area contributed by atoms with Crippen LogP contribution in [0, 0.1) is 50.7 Å². The van der Waals surface area contributed by atoms with Crippen molar-refractivity contribution in [3.63, 3.8) is 0 Å². The van der Waals surface area contributed by atoms with Gasteiger partial charge in [-0.15, -0.1) is 0 Å². The van der Waals surface area contributed by atoms with Gasteiger partial charge in [0.25, 0.3) is 0 Å². The smallest absolute Gasteiger partial charge is 0.303 e. The van der Waals surface area contributed by atoms with Crippen LogP contribution in [0.3, 0.4) is 0 Å². The molecule has 0 saturated heterocycles. The Morgan fingerprint density at radius 3 is 2.06 bits per heavy atom. The Labute approximate surface area is 202 Å². The van der Waals surface area contributed by atoms with Gasteiger partial charge in [-0.3, -0.25) is 4.79 Å².